The van der Waals surface area contributed by atoms with E-state index in [-0.39, 0.29) is 17.7 Å². The maximum Gasteiger partial charge on any atom is 0.261 e. The normalized spacial score (nSPS) is 12.5. The van der Waals surface area contributed by atoms with Crippen molar-refractivity contribution < 1.29 is 13.9 Å². The van der Waals surface area contributed by atoms with Crippen molar-refractivity contribution in [3.05, 3.63) is 76.3 Å². The van der Waals surface area contributed by atoms with Gasteiger partial charge in [0, 0.05) is 11.6 Å². The van der Waals surface area contributed by atoms with Crippen LogP contribution in [0.25, 0.3) is 10.9 Å². The Morgan fingerprint density at radius 3 is 2.73 bits per heavy atom. The van der Waals surface area contributed by atoms with Gasteiger partial charge in [-0.3, -0.25) is 9.36 Å². The van der Waals surface area contributed by atoms with Gasteiger partial charge in [-0.15, -0.1) is 0 Å². The zero-order chi connectivity index (χ0) is 15.7. The van der Waals surface area contributed by atoms with Gasteiger partial charge in [0.2, 0.25) is 0 Å². The minimum absolute atomic E-state index is 0.0681. The van der Waals surface area contributed by atoms with E-state index in [0.717, 1.165) is 12.1 Å². The topological polar surface area (TPSA) is 55.1 Å². The van der Waals surface area contributed by atoms with Crippen LogP contribution in [-0.4, -0.2) is 14.7 Å². The van der Waals surface area contributed by atoms with Crippen LogP contribution in [0.1, 0.15) is 11.7 Å². The fourth-order valence-corrected chi connectivity index (χ4v) is 2.29. The van der Waals surface area contributed by atoms with Crippen molar-refractivity contribution in [2.75, 3.05) is 0 Å². The average molecular weight is 302 g/mol. The number of hydrogen-bond acceptors (Lipinski definition) is 3. The number of benzene rings is 2. The third kappa shape index (κ3) is 2.60. The lowest BCUT2D eigenvalue weighted by Gasteiger charge is -2.14. The zero-order valence-corrected chi connectivity index (χ0v) is 11.4. The van der Waals surface area contributed by atoms with Crippen LogP contribution in [0.15, 0.2) is 53.6 Å². The van der Waals surface area contributed by atoms with E-state index in [0.29, 0.717) is 17.0 Å². The summed E-state index contributed by atoms with van der Waals surface area (Å²) in [4.78, 5) is 16.4. The predicted molar refractivity (Wildman–Crippen MR) is 77.3 cm³/mol. The Morgan fingerprint density at radius 1 is 1.18 bits per heavy atom. The summed E-state index contributed by atoms with van der Waals surface area (Å²) in [6.07, 6.45) is 0.0243. The molecule has 0 saturated heterocycles. The van der Waals surface area contributed by atoms with Crippen molar-refractivity contribution in [3.8, 4) is 0 Å². The molecule has 0 saturated carbocycles. The van der Waals surface area contributed by atoms with E-state index in [2.05, 4.69) is 4.98 Å². The van der Waals surface area contributed by atoms with Crippen LogP contribution in [0.3, 0.4) is 0 Å². The second kappa shape index (κ2) is 5.65. The molecule has 1 aromatic heterocycles. The molecule has 2 aromatic carbocycles. The molecule has 0 unspecified atom stereocenters. The standard InChI is InChI=1S/C16H12F2N2O2/c17-10-5-6-11(13(18)7-10)15(21)8-20-9-19-14-4-2-1-3-12(14)16(20)22/h1-7,9,15,21H,8H2/t15-/m0/s1. The van der Waals surface area contributed by atoms with Crippen LogP contribution >= 0.6 is 0 Å². The molecule has 0 aliphatic carbocycles. The summed E-state index contributed by atoms with van der Waals surface area (Å²) in [5, 5.41) is 10.5. The summed E-state index contributed by atoms with van der Waals surface area (Å²) in [6.45, 7) is -0.167. The number of para-hydroxylation sites is 1. The lowest BCUT2D eigenvalue weighted by Crippen LogP contribution is -2.24. The maximum atomic E-state index is 13.7. The number of aliphatic hydroxyl groups excluding tert-OH is 1. The van der Waals surface area contributed by atoms with Crippen molar-refractivity contribution >= 4 is 10.9 Å². The molecule has 1 N–H and O–H groups in total. The minimum Gasteiger partial charge on any atom is -0.386 e. The Hall–Kier alpha value is -2.60. The summed E-state index contributed by atoms with van der Waals surface area (Å²) in [7, 11) is 0. The third-order valence-electron chi connectivity index (χ3n) is 3.42. The molecule has 0 radical (unpaired) electrons. The van der Waals surface area contributed by atoms with E-state index < -0.39 is 17.7 Å². The molecule has 0 amide bonds. The highest BCUT2D eigenvalue weighted by atomic mass is 19.1. The Bertz CT molecular complexity index is 893. The first-order valence-electron chi connectivity index (χ1n) is 6.63. The van der Waals surface area contributed by atoms with Gasteiger partial charge in [0.25, 0.3) is 5.56 Å². The van der Waals surface area contributed by atoms with Crippen LogP contribution in [0.4, 0.5) is 8.78 Å². The van der Waals surface area contributed by atoms with Gasteiger partial charge in [-0.2, -0.15) is 0 Å². The molecule has 3 aromatic rings. The summed E-state index contributed by atoms with van der Waals surface area (Å²) in [5.74, 6) is -1.58. The fraction of sp³-hybridized carbons (Fsp3) is 0.125. The molecule has 4 nitrogen and oxygen atoms in total. The molecule has 0 bridgehead atoms. The number of halogens is 2. The van der Waals surface area contributed by atoms with Gasteiger partial charge in [-0.25, -0.2) is 13.8 Å². The first-order chi connectivity index (χ1) is 10.6. The molecule has 0 aliphatic heterocycles. The summed E-state index contributed by atoms with van der Waals surface area (Å²) >= 11 is 0. The Balaban J connectivity index is 1.96. The van der Waals surface area contributed by atoms with Crippen LogP contribution in [0, 0.1) is 11.6 Å². The second-order valence-corrected chi connectivity index (χ2v) is 4.90. The van der Waals surface area contributed by atoms with Crippen LogP contribution in [-0.2, 0) is 6.54 Å². The Morgan fingerprint density at radius 2 is 1.95 bits per heavy atom. The Labute approximate surface area is 124 Å². The summed E-state index contributed by atoms with van der Waals surface area (Å²) in [5.41, 5.74) is 0.153. The number of aromatic nitrogens is 2. The van der Waals surface area contributed by atoms with Gasteiger partial charge >= 0.3 is 0 Å². The minimum atomic E-state index is -1.28. The van der Waals surface area contributed by atoms with Gasteiger partial charge < -0.3 is 5.11 Å². The smallest absolute Gasteiger partial charge is 0.261 e. The molecule has 1 heterocycles. The van der Waals surface area contributed by atoms with E-state index >= 15 is 0 Å². The average Bonchev–Trinajstić information content (AvgIpc) is 2.50. The Kier molecular flexibility index (Phi) is 3.68. The van der Waals surface area contributed by atoms with Gasteiger partial charge in [0.05, 0.1) is 29.9 Å². The number of hydrogen-bond donors (Lipinski definition) is 1. The molecule has 3 rings (SSSR count). The molecule has 0 spiro atoms. The largest absolute Gasteiger partial charge is 0.386 e. The SMILES string of the molecule is O=c1c2ccccc2ncn1C[C@H](O)c1ccc(F)cc1F. The molecule has 112 valence electrons. The van der Waals surface area contributed by atoms with Crippen LogP contribution < -0.4 is 5.56 Å². The molecule has 6 heteroatoms. The lowest BCUT2D eigenvalue weighted by atomic mass is 10.1. The quantitative estimate of drug-likeness (QED) is 0.808. The lowest BCUT2D eigenvalue weighted by molar-refractivity contribution is 0.150. The van der Waals surface area contributed by atoms with E-state index in [1.165, 1.54) is 10.9 Å². The predicted octanol–water partition coefficient (Wildman–Crippen LogP) is 2.41. The number of nitrogens with zero attached hydrogens (tertiary/aromatic N) is 2. The first kappa shape index (κ1) is 14.3. The highest BCUT2D eigenvalue weighted by Crippen LogP contribution is 2.19. The monoisotopic (exact) mass is 302 g/mol. The number of fused-ring (bicyclic) bond motifs is 1. The van der Waals surface area contributed by atoms with Crippen molar-refractivity contribution in [2.45, 2.75) is 12.6 Å². The molecule has 0 fully saturated rings. The molecular formula is C16H12F2N2O2. The zero-order valence-electron chi connectivity index (χ0n) is 11.4. The van der Waals surface area contributed by atoms with Crippen molar-refractivity contribution in [3.63, 3.8) is 0 Å². The van der Waals surface area contributed by atoms with Gasteiger partial charge in [-0.05, 0) is 18.2 Å². The maximum absolute atomic E-state index is 13.7. The van der Waals surface area contributed by atoms with Crippen LogP contribution in [0.2, 0.25) is 0 Å². The summed E-state index contributed by atoms with van der Waals surface area (Å²) in [6, 6.07) is 9.73. The van der Waals surface area contributed by atoms with Gasteiger partial charge in [0.1, 0.15) is 11.6 Å². The number of aliphatic hydroxyl groups is 1. The van der Waals surface area contributed by atoms with E-state index in [1.807, 2.05) is 0 Å². The second-order valence-electron chi connectivity index (χ2n) is 4.90. The first-order valence-corrected chi connectivity index (χ1v) is 6.63. The van der Waals surface area contributed by atoms with Crippen molar-refractivity contribution in [1.82, 2.24) is 9.55 Å². The van der Waals surface area contributed by atoms with Gasteiger partial charge in [0.15, 0.2) is 0 Å². The van der Waals surface area contributed by atoms with E-state index in [9.17, 15) is 18.7 Å². The van der Waals surface area contributed by atoms with Crippen molar-refractivity contribution in [2.24, 2.45) is 0 Å². The highest BCUT2D eigenvalue weighted by molar-refractivity contribution is 5.76. The van der Waals surface area contributed by atoms with E-state index in [4.69, 9.17) is 0 Å². The molecule has 0 aliphatic rings. The van der Waals surface area contributed by atoms with Crippen molar-refractivity contribution in [1.29, 1.82) is 0 Å². The molecular weight excluding hydrogens is 290 g/mol. The number of rotatable bonds is 3. The highest BCUT2D eigenvalue weighted by Gasteiger charge is 2.15. The third-order valence-corrected chi connectivity index (χ3v) is 3.42. The van der Waals surface area contributed by atoms with Crippen LogP contribution in [0.5, 0.6) is 0 Å². The van der Waals surface area contributed by atoms with Gasteiger partial charge in [-0.1, -0.05) is 18.2 Å². The molecule has 22 heavy (non-hydrogen) atoms. The fourth-order valence-electron chi connectivity index (χ4n) is 2.29. The molecule has 1 atom stereocenters. The van der Waals surface area contributed by atoms with E-state index in [1.54, 1.807) is 24.3 Å². The summed E-state index contributed by atoms with van der Waals surface area (Å²) < 4.78 is 27.7.